The van der Waals surface area contributed by atoms with Gasteiger partial charge in [-0.2, -0.15) is 0 Å². The summed E-state index contributed by atoms with van der Waals surface area (Å²) in [4.78, 5) is 7.26. The van der Waals surface area contributed by atoms with Crippen LogP contribution < -0.4 is 5.32 Å². The number of rotatable bonds is 4. The van der Waals surface area contributed by atoms with Crippen LogP contribution >= 0.6 is 0 Å². The number of likely N-dealkylation sites (tertiary alicyclic amines) is 1. The normalized spacial score (nSPS) is 31.0. The van der Waals surface area contributed by atoms with Crippen LogP contribution in [-0.2, 0) is 12.0 Å². The first-order valence-electron chi connectivity index (χ1n) is 9.73. The summed E-state index contributed by atoms with van der Waals surface area (Å²) in [7, 11) is 2.25. The van der Waals surface area contributed by atoms with E-state index in [1.165, 1.54) is 50.4 Å². The highest BCUT2D eigenvalue weighted by Gasteiger charge is 2.55. The fourth-order valence-electron chi connectivity index (χ4n) is 5.26. The third-order valence-electron chi connectivity index (χ3n) is 6.94. The van der Waals surface area contributed by atoms with Gasteiger partial charge in [-0.05, 0) is 63.5 Å². The largest absolute Gasteiger partial charge is 0.334 e. The van der Waals surface area contributed by atoms with Crippen molar-refractivity contribution >= 4 is 0 Å². The quantitative estimate of drug-likeness (QED) is 0.931. The monoisotopic (exact) mass is 336 g/mol. The van der Waals surface area contributed by atoms with Gasteiger partial charge in [-0.1, -0.05) is 30.3 Å². The standard InChI is InChI=1S/C21H28N4/c1-24-10-7-21(8-11-24,16-5-3-2-4-6-16)15-25-12-9-23-20(25)19-17-13-22-14-18(17)19/h2-6,9,12,17-19,22H,7-8,10-11,13-15H2,1H3/t17-,18+,19?. The molecule has 1 saturated carbocycles. The Balaban J connectivity index is 1.45. The van der Waals surface area contributed by atoms with Crippen molar-refractivity contribution in [2.45, 2.75) is 30.7 Å². The van der Waals surface area contributed by atoms with Crippen LogP contribution in [0.2, 0.25) is 0 Å². The number of aromatic nitrogens is 2. The number of imidazole rings is 1. The van der Waals surface area contributed by atoms with Gasteiger partial charge >= 0.3 is 0 Å². The summed E-state index contributed by atoms with van der Waals surface area (Å²) in [5.41, 5.74) is 1.74. The third-order valence-corrected chi connectivity index (χ3v) is 6.94. The molecule has 2 aliphatic heterocycles. The smallest absolute Gasteiger partial charge is 0.112 e. The fourth-order valence-corrected chi connectivity index (χ4v) is 5.26. The number of piperidine rings is 2. The summed E-state index contributed by atoms with van der Waals surface area (Å²) >= 11 is 0. The molecule has 1 aromatic carbocycles. The maximum atomic E-state index is 4.79. The van der Waals surface area contributed by atoms with Crippen molar-refractivity contribution in [1.29, 1.82) is 0 Å². The summed E-state index contributed by atoms with van der Waals surface area (Å²) in [6.07, 6.45) is 6.69. The predicted octanol–water partition coefficient (Wildman–Crippen LogP) is 2.48. The second-order valence-corrected chi connectivity index (χ2v) is 8.37. The zero-order valence-corrected chi connectivity index (χ0v) is 15.1. The topological polar surface area (TPSA) is 33.1 Å². The minimum atomic E-state index is 0.242. The van der Waals surface area contributed by atoms with Gasteiger partial charge in [-0.15, -0.1) is 0 Å². The van der Waals surface area contributed by atoms with Crippen LogP contribution in [0.25, 0.3) is 0 Å². The maximum Gasteiger partial charge on any atom is 0.112 e. The van der Waals surface area contributed by atoms with Crippen LogP contribution in [0.5, 0.6) is 0 Å². The Hall–Kier alpha value is -1.65. The van der Waals surface area contributed by atoms with Crippen LogP contribution in [0.15, 0.2) is 42.7 Å². The highest BCUT2D eigenvalue weighted by molar-refractivity contribution is 5.28. The van der Waals surface area contributed by atoms with Crippen LogP contribution in [0.3, 0.4) is 0 Å². The summed E-state index contributed by atoms with van der Waals surface area (Å²) in [5, 5.41) is 3.51. The molecule has 2 aromatic rings. The lowest BCUT2D eigenvalue weighted by molar-refractivity contribution is 0.168. The Bertz CT molecular complexity index is 719. The first-order chi connectivity index (χ1) is 12.3. The molecule has 25 heavy (non-hydrogen) atoms. The lowest BCUT2D eigenvalue weighted by Crippen LogP contribution is -2.43. The molecule has 3 aliphatic rings. The van der Waals surface area contributed by atoms with E-state index >= 15 is 0 Å². The second kappa shape index (κ2) is 5.96. The summed E-state index contributed by atoms with van der Waals surface area (Å²) in [5.74, 6) is 3.68. The van der Waals surface area contributed by atoms with E-state index in [4.69, 9.17) is 4.98 Å². The van der Waals surface area contributed by atoms with Gasteiger partial charge in [0.25, 0.3) is 0 Å². The van der Waals surface area contributed by atoms with E-state index in [0.717, 1.165) is 18.4 Å². The van der Waals surface area contributed by atoms with E-state index in [1.807, 2.05) is 6.20 Å². The highest BCUT2D eigenvalue weighted by Crippen LogP contribution is 2.55. The van der Waals surface area contributed by atoms with Crippen LogP contribution in [0.1, 0.15) is 30.1 Å². The average Bonchev–Trinajstić information content (AvgIpc) is 3.02. The molecular formula is C21H28N4. The van der Waals surface area contributed by atoms with Crippen molar-refractivity contribution in [1.82, 2.24) is 19.8 Å². The first-order valence-corrected chi connectivity index (χ1v) is 9.73. The van der Waals surface area contributed by atoms with Crippen molar-refractivity contribution in [3.63, 3.8) is 0 Å². The minimum Gasteiger partial charge on any atom is -0.334 e. The van der Waals surface area contributed by atoms with Crippen LogP contribution in [0, 0.1) is 11.8 Å². The molecule has 0 radical (unpaired) electrons. The van der Waals surface area contributed by atoms with Gasteiger partial charge in [0, 0.05) is 30.3 Å². The molecular weight excluding hydrogens is 308 g/mol. The van der Waals surface area contributed by atoms with E-state index in [9.17, 15) is 0 Å². The van der Waals surface area contributed by atoms with Crippen molar-refractivity contribution in [3.05, 3.63) is 54.1 Å². The van der Waals surface area contributed by atoms with Crippen molar-refractivity contribution < 1.29 is 0 Å². The lowest BCUT2D eigenvalue weighted by Gasteiger charge is -2.41. The van der Waals surface area contributed by atoms with E-state index < -0.39 is 0 Å². The molecule has 1 aromatic heterocycles. The molecule has 132 valence electrons. The SMILES string of the molecule is CN1CCC(Cn2ccnc2C2[C@H]3CNC[C@@H]23)(c2ccccc2)CC1. The Morgan fingerprint density at radius 2 is 1.84 bits per heavy atom. The molecule has 5 rings (SSSR count). The van der Waals surface area contributed by atoms with Gasteiger partial charge in [0.05, 0.1) is 0 Å². The Kier molecular flexibility index (Phi) is 3.72. The van der Waals surface area contributed by atoms with E-state index in [-0.39, 0.29) is 5.41 Å². The Morgan fingerprint density at radius 1 is 1.12 bits per heavy atom. The molecule has 3 fully saturated rings. The van der Waals surface area contributed by atoms with E-state index in [1.54, 1.807) is 0 Å². The van der Waals surface area contributed by atoms with Crippen molar-refractivity contribution in [2.24, 2.45) is 11.8 Å². The van der Waals surface area contributed by atoms with Gasteiger partial charge in [0.15, 0.2) is 0 Å². The summed E-state index contributed by atoms with van der Waals surface area (Å²) < 4.78 is 2.49. The molecule has 0 bridgehead atoms. The van der Waals surface area contributed by atoms with Gasteiger partial charge in [0.2, 0.25) is 0 Å². The van der Waals surface area contributed by atoms with Gasteiger partial charge < -0.3 is 14.8 Å². The summed E-state index contributed by atoms with van der Waals surface area (Å²) in [6.45, 7) is 5.78. The molecule has 0 spiro atoms. The molecule has 1 unspecified atom stereocenters. The molecule has 2 saturated heterocycles. The number of hydrogen-bond acceptors (Lipinski definition) is 3. The van der Waals surface area contributed by atoms with Crippen molar-refractivity contribution in [3.8, 4) is 0 Å². The molecule has 4 nitrogen and oxygen atoms in total. The van der Waals surface area contributed by atoms with Crippen LogP contribution in [-0.4, -0.2) is 47.7 Å². The number of hydrogen-bond donors (Lipinski definition) is 1. The van der Waals surface area contributed by atoms with Gasteiger partial charge in [-0.3, -0.25) is 0 Å². The second-order valence-electron chi connectivity index (χ2n) is 8.37. The highest BCUT2D eigenvalue weighted by atomic mass is 15.1. The number of nitrogens with zero attached hydrogens (tertiary/aromatic N) is 3. The van der Waals surface area contributed by atoms with Crippen molar-refractivity contribution in [2.75, 3.05) is 33.2 Å². The first kappa shape index (κ1) is 15.6. The Morgan fingerprint density at radius 3 is 2.56 bits per heavy atom. The van der Waals surface area contributed by atoms with E-state index in [2.05, 4.69) is 58.4 Å². The third kappa shape index (κ3) is 2.63. The maximum absolute atomic E-state index is 4.79. The zero-order chi connectivity index (χ0) is 16.9. The molecule has 3 atom stereocenters. The lowest BCUT2D eigenvalue weighted by atomic mass is 9.72. The Labute approximate surface area is 150 Å². The molecule has 3 heterocycles. The number of benzene rings is 1. The van der Waals surface area contributed by atoms with E-state index in [0.29, 0.717) is 5.92 Å². The summed E-state index contributed by atoms with van der Waals surface area (Å²) in [6, 6.07) is 11.2. The van der Waals surface area contributed by atoms with Gasteiger partial charge in [-0.25, -0.2) is 4.98 Å². The van der Waals surface area contributed by atoms with Crippen LogP contribution in [0.4, 0.5) is 0 Å². The molecule has 0 amide bonds. The molecule has 4 heteroatoms. The van der Waals surface area contributed by atoms with Gasteiger partial charge in [0.1, 0.15) is 5.82 Å². The predicted molar refractivity (Wildman–Crippen MR) is 99.7 cm³/mol. The zero-order valence-electron chi connectivity index (χ0n) is 15.1. The number of fused-ring (bicyclic) bond motifs is 1. The fraction of sp³-hybridized carbons (Fsp3) is 0.571. The number of nitrogens with one attached hydrogen (secondary N) is 1. The minimum absolute atomic E-state index is 0.242. The average molecular weight is 336 g/mol. The molecule has 1 aliphatic carbocycles. The molecule has 1 N–H and O–H groups in total.